The number of alkyl halides is 3. The first-order valence-electron chi connectivity index (χ1n) is 5.26. The lowest BCUT2D eigenvalue weighted by atomic mass is 10.0. The van der Waals surface area contributed by atoms with Crippen LogP contribution in [0.1, 0.15) is 18.0 Å². The molecule has 0 heterocycles. The largest absolute Gasteiger partial charge is 0.573 e. The van der Waals surface area contributed by atoms with Crippen LogP contribution in [-0.4, -0.2) is 20.0 Å². The Morgan fingerprint density at radius 3 is 2.50 bits per heavy atom. The van der Waals surface area contributed by atoms with Gasteiger partial charge in [0.05, 0.1) is 7.11 Å². The average molecular weight is 264 g/mol. The van der Waals surface area contributed by atoms with Gasteiger partial charge >= 0.3 is 6.36 Å². The Kier molecular flexibility index (Phi) is 4.80. The first-order chi connectivity index (χ1) is 8.37. The minimum absolute atomic E-state index is 0.248. The third-order valence-electron chi connectivity index (χ3n) is 2.32. The summed E-state index contributed by atoms with van der Waals surface area (Å²) < 4.78 is 45.0. The molecule has 0 saturated heterocycles. The van der Waals surface area contributed by atoms with Crippen LogP contribution < -0.4 is 20.9 Å². The summed E-state index contributed by atoms with van der Waals surface area (Å²) in [6.45, 7) is 0.380. The molecule has 18 heavy (non-hydrogen) atoms. The Bertz CT molecular complexity index is 396. The zero-order valence-electron chi connectivity index (χ0n) is 9.83. The molecule has 1 aromatic carbocycles. The highest BCUT2D eigenvalue weighted by Crippen LogP contribution is 2.32. The van der Waals surface area contributed by atoms with E-state index in [0.29, 0.717) is 18.5 Å². The van der Waals surface area contributed by atoms with Gasteiger partial charge in [-0.3, -0.25) is 0 Å². The van der Waals surface area contributed by atoms with Crippen LogP contribution in [0.3, 0.4) is 0 Å². The molecular weight excluding hydrogens is 249 g/mol. The first kappa shape index (κ1) is 14.6. The van der Waals surface area contributed by atoms with Gasteiger partial charge < -0.3 is 20.9 Å². The van der Waals surface area contributed by atoms with E-state index < -0.39 is 6.36 Å². The van der Waals surface area contributed by atoms with Gasteiger partial charge in [-0.15, -0.1) is 13.2 Å². The second kappa shape index (κ2) is 5.92. The van der Waals surface area contributed by atoms with Crippen molar-refractivity contribution in [3.8, 4) is 11.5 Å². The van der Waals surface area contributed by atoms with Crippen LogP contribution in [0.5, 0.6) is 11.5 Å². The summed E-state index contributed by atoms with van der Waals surface area (Å²) in [5, 5.41) is 0. The second-order valence-electron chi connectivity index (χ2n) is 3.64. The third kappa shape index (κ3) is 4.08. The summed E-state index contributed by atoms with van der Waals surface area (Å²) in [6, 6.07) is 3.41. The third-order valence-corrected chi connectivity index (χ3v) is 2.32. The van der Waals surface area contributed by atoms with E-state index in [2.05, 4.69) is 4.74 Å². The Labute approximate surface area is 103 Å². The van der Waals surface area contributed by atoms with Gasteiger partial charge in [-0.2, -0.15) is 0 Å². The van der Waals surface area contributed by atoms with Crippen molar-refractivity contribution < 1.29 is 22.6 Å². The summed E-state index contributed by atoms with van der Waals surface area (Å²) in [7, 11) is 1.35. The fraction of sp³-hybridized carbons (Fsp3) is 0.455. The average Bonchev–Trinajstić information content (AvgIpc) is 2.27. The zero-order valence-corrected chi connectivity index (χ0v) is 9.83. The monoisotopic (exact) mass is 264 g/mol. The highest BCUT2D eigenvalue weighted by molar-refractivity contribution is 5.42. The van der Waals surface area contributed by atoms with Gasteiger partial charge in [0.25, 0.3) is 0 Å². The van der Waals surface area contributed by atoms with Crippen molar-refractivity contribution in [2.75, 3.05) is 13.7 Å². The highest BCUT2D eigenvalue weighted by atomic mass is 19.4. The van der Waals surface area contributed by atoms with Crippen molar-refractivity contribution in [3.05, 3.63) is 23.8 Å². The molecule has 1 aromatic rings. The van der Waals surface area contributed by atoms with E-state index in [1.165, 1.54) is 19.2 Å². The molecule has 0 aliphatic heterocycles. The topological polar surface area (TPSA) is 70.5 Å². The summed E-state index contributed by atoms with van der Waals surface area (Å²) in [5.41, 5.74) is 11.8. The number of ether oxygens (including phenoxy) is 2. The lowest BCUT2D eigenvalue weighted by molar-refractivity contribution is -0.274. The van der Waals surface area contributed by atoms with E-state index in [0.717, 1.165) is 6.07 Å². The zero-order chi connectivity index (χ0) is 13.8. The van der Waals surface area contributed by atoms with Gasteiger partial charge in [0.2, 0.25) is 0 Å². The molecule has 0 aromatic heterocycles. The van der Waals surface area contributed by atoms with E-state index in [1.54, 1.807) is 0 Å². The Hall–Kier alpha value is -1.47. The predicted octanol–water partition coefficient (Wildman–Crippen LogP) is 1.94. The molecule has 0 spiro atoms. The maximum Gasteiger partial charge on any atom is 0.573 e. The minimum Gasteiger partial charge on any atom is -0.496 e. The van der Waals surface area contributed by atoms with Gasteiger partial charge in [0.15, 0.2) is 0 Å². The van der Waals surface area contributed by atoms with E-state index in [9.17, 15) is 13.2 Å². The van der Waals surface area contributed by atoms with Crippen LogP contribution in [0.4, 0.5) is 13.2 Å². The van der Waals surface area contributed by atoms with E-state index in [4.69, 9.17) is 16.2 Å². The van der Waals surface area contributed by atoms with Crippen LogP contribution in [0.2, 0.25) is 0 Å². The molecule has 0 aliphatic carbocycles. The van der Waals surface area contributed by atoms with Crippen molar-refractivity contribution in [2.45, 2.75) is 18.8 Å². The molecule has 0 amide bonds. The smallest absolute Gasteiger partial charge is 0.496 e. The van der Waals surface area contributed by atoms with E-state index >= 15 is 0 Å². The molecule has 0 radical (unpaired) electrons. The maximum atomic E-state index is 12.1. The van der Waals surface area contributed by atoms with Crippen LogP contribution in [-0.2, 0) is 0 Å². The summed E-state index contributed by atoms with van der Waals surface area (Å²) in [4.78, 5) is 0. The molecule has 1 atom stereocenters. The fourth-order valence-corrected chi connectivity index (χ4v) is 1.53. The molecule has 7 heteroatoms. The van der Waals surface area contributed by atoms with Crippen LogP contribution >= 0.6 is 0 Å². The number of rotatable bonds is 5. The van der Waals surface area contributed by atoms with Crippen molar-refractivity contribution in [2.24, 2.45) is 11.5 Å². The molecule has 0 bridgehead atoms. The second-order valence-corrected chi connectivity index (χ2v) is 3.64. The SMILES string of the molecule is COc1cc(OC(F)(F)F)ccc1[C@H](N)CCN. The summed E-state index contributed by atoms with van der Waals surface area (Å²) in [5.74, 6) is -0.0965. The number of benzene rings is 1. The fourth-order valence-electron chi connectivity index (χ4n) is 1.53. The van der Waals surface area contributed by atoms with Gasteiger partial charge in [0, 0.05) is 17.7 Å². The van der Waals surface area contributed by atoms with E-state index in [1.807, 2.05) is 0 Å². The highest BCUT2D eigenvalue weighted by Gasteiger charge is 2.31. The number of methoxy groups -OCH3 is 1. The van der Waals surface area contributed by atoms with Crippen molar-refractivity contribution in [1.29, 1.82) is 0 Å². The Morgan fingerprint density at radius 1 is 1.33 bits per heavy atom. The minimum atomic E-state index is -4.73. The number of nitrogens with two attached hydrogens (primary N) is 2. The standard InChI is InChI=1S/C11H15F3N2O2/c1-17-10-6-7(18-11(12,13)14)2-3-8(10)9(16)4-5-15/h2-3,6,9H,4-5,15-16H2,1H3/t9-/m1/s1. The van der Waals surface area contributed by atoms with Gasteiger partial charge in [-0.25, -0.2) is 0 Å². The quantitative estimate of drug-likeness (QED) is 0.852. The predicted molar refractivity (Wildman–Crippen MR) is 60.3 cm³/mol. The molecule has 4 nitrogen and oxygen atoms in total. The molecule has 0 unspecified atom stereocenters. The van der Waals surface area contributed by atoms with Crippen molar-refractivity contribution in [1.82, 2.24) is 0 Å². The molecule has 0 fully saturated rings. The van der Waals surface area contributed by atoms with Gasteiger partial charge in [0.1, 0.15) is 11.5 Å². The molecule has 0 saturated carbocycles. The van der Waals surface area contributed by atoms with Gasteiger partial charge in [-0.05, 0) is 19.0 Å². The lowest BCUT2D eigenvalue weighted by Crippen LogP contribution is -2.18. The molecular formula is C11H15F3N2O2. The summed E-state index contributed by atoms with van der Waals surface area (Å²) in [6.07, 6.45) is -4.22. The van der Waals surface area contributed by atoms with Gasteiger partial charge in [-0.1, -0.05) is 6.07 Å². The van der Waals surface area contributed by atoms with Crippen LogP contribution in [0.25, 0.3) is 0 Å². The van der Waals surface area contributed by atoms with Crippen molar-refractivity contribution >= 4 is 0 Å². The number of halogens is 3. The maximum absolute atomic E-state index is 12.1. The summed E-state index contributed by atoms with van der Waals surface area (Å²) >= 11 is 0. The number of hydrogen-bond acceptors (Lipinski definition) is 4. The number of hydrogen-bond donors (Lipinski definition) is 2. The molecule has 102 valence electrons. The Morgan fingerprint density at radius 2 is 2.00 bits per heavy atom. The van der Waals surface area contributed by atoms with Crippen LogP contribution in [0, 0.1) is 0 Å². The molecule has 1 rings (SSSR count). The first-order valence-corrected chi connectivity index (χ1v) is 5.26. The molecule has 0 aliphatic rings. The lowest BCUT2D eigenvalue weighted by Gasteiger charge is -2.16. The normalized spacial score (nSPS) is 13.2. The molecule has 4 N–H and O–H groups in total. The van der Waals surface area contributed by atoms with Crippen LogP contribution in [0.15, 0.2) is 18.2 Å². The van der Waals surface area contributed by atoms with Crippen molar-refractivity contribution in [3.63, 3.8) is 0 Å². The van der Waals surface area contributed by atoms with E-state index in [-0.39, 0.29) is 17.5 Å². The Balaban J connectivity index is 2.96.